The highest BCUT2D eigenvalue weighted by molar-refractivity contribution is 6.19. The van der Waals surface area contributed by atoms with Crippen molar-refractivity contribution in [2.45, 2.75) is 0 Å². The molecule has 3 nitrogen and oxygen atoms in total. The molecule has 8 aromatic carbocycles. The number of furan rings is 2. The van der Waals surface area contributed by atoms with Gasteiger partial charge in [-0.3, -0.25) is 0 Å². The molecule has 0 fully saturated rings. The van der Waals surface area contributed by atoms with Crippen molar-refractivity contribution < 1.29 is 8.83 Å². The second-order valence-corrected chi connectivity index (χ2v) is 12.5. The van der Waals surface area contributed by atoms with Crippen LogP contribution >= 0.6 is 0 Å². The fourth-order valence-corrected chi connectivity index (χ4v) is 7.35. The Bertz CT molecular complexity index is 2830. The van der Waals surface area contributed by atoms with E-state index in [1.165, 1.54) is 16.5 Å². The first kappa shape index (κ1) is 27.5. The zero-order valence-electron chi connectivity index (χ0n) is 26.5. The number of hydrogen-bond donors (Lipinski definition) is 0. The topological polar surface area (TPSA) is 29.5 Å². The van der Waals surface area contributed by atoms with Gasteiger partial charge < -0.3 is 13.7 Å². The smallest absolute Gasteiger partial charge is 0.143 e. The van der Waals surface area contributed by atoms with Crippen LogP contribution in [0, 0.1) is 0 Å². The summed E-state index contributed by atoms with van der Waals surface area (Å²) >= 11 is 0. The molecule has 230 valence electrons. The average molecular weight is 628 g/mol. The molecule has 2 aromatic heterocycles. The first-order valence-electron chi connectivity index (χ1n) is 16.6. The molecule has 3 heteroatoms. The summed E-state index contributed by atoms with van der Waals surface area (Å²) in [4.78, 5) is 2.34. The second-order valence-electron chi connectivity index (χ2n) is 12.5. The molecular formula is C46H29NO2. The van der Waals surface area contributed by atoms with Gasteiger partial charge in [0.1, 0.15) is 22.3 Å². The van der Waals surface area contributed by atoms with E-state index in [1.54, 1.807) is 0 Å². The molecule has 0 saturated carbocycles. The van der Waals surface area contributed by atoms with E-state index in [9.17, 15) is 0 Å². The second kappa shape index (κ2) is 11.0. The lowest BCUT2D eigenvalue weighted by Gasteiger charge is -2.26. The fraction of sp³-hybridized carbons (Fsp3) is 0. The number of hydrogen-bond acceptors (Lipinski definition) is 3. The normalized spacial score (nSPS) is 11.7. The molecule has 0 aliphatic rings. The molecule has 0 unspecified atom stereocenters. The number of rotatable bonds is 5. The fourth-order valence-electron chi connectivity index (χ4n) is 7.35. The van der Waals surface area contributed by atoms with E-state index in [0.29, 0.717) is 0 Å². The van der Waals surface area contributed by atoms with Gasteiger partial charge in [0.2, 0.25) is 0 Å². The van der Waals surface area contributed by atoms with Crippen LogP contribution in [0.4, 0.5) is 17.1 Å². The Labute approximate surface area is 282 Å². The van der Waals surface area contributed by atoms with Crippen molar-refractivity contribution in [2.24, 2.45) is 0 Å². The molecular weight excluding hydrogens is 599 g/mol. The molecule has 0 spiro atoms. The van der Waals surface area contributed by atoms with Gasteiger partial charge in [-0.2, -0.15) is 0 Å². The van der Waals surface area contributed by atoms with E-state index in [2.05, 4.69) is 157 Å². The molecule has 0 N–H and O–H groups in total. The summed E-state index contributed by atoms with van der Waals surface area (Å²) in [6, 6.07) is 62.1. The van der Waals surface area contributed by atoms with E-state index in [0.717, 1.165) is 77.5 Å². The average Bonchev–Trinajstić information content (AvgIpc) is 3.75. The summed E-state index contributed by atoms with van der Waals surface area (Å²) in [6.07, 6.45) is 0. The van der Waals surface area contributed by atoms with Crippen molar-refractivity contribution in [3.63, 3.8) is 0 Å². The van der Waals surface area contributed by atoms with E-state index < -0.39 is 0 Å². The monoisotopic (exact) mass is 627 g/mol. The van der Waals surface area contributed by atoms with E-state index in [4.69, 9.17) is 8.83 Å². The van der Waals surface area contributed by atoms with E-state index in [1.807, 2.05) is 24.3 Å². The van der Waals surface area contributed by atoms with Crippen LogP contribution in [0.2, 0.25) is 0 Å². The van der Waals surface area contributed by atoms with Crippen molar-refractivity contribution in [1.29, 1.82) is 0 Å². The Morgan fingerprint density at radius 1 is 0.347 bits per heavy atom. The van der Waals surface area contributed by atoms with E-state index in [-0.39, 0.29) is 0 Å². The van der Waals surface area contributed by atoms with Crippen LogP contribution in [0.1, 0.15) is 0 Å². The van der Waals surface area contributed by atoms with Gasteiger partial charge in [-0.05, 0) is 82.1 Å². The van der Waals surface area contributed by atoms with Crippen LogP contribution in [-0.4, -0.2) is 0 Å². The number of nitrogens with zero attached hydrogens (tertiary/aromatic N) is 1. The third-order valence-corrected chi connectivity index (χ3v) is 9.65. The summed E-state index contributed by atoms with van der Waals surface area (Å²) in [5.41, 5.74) is 11.4. The highest BCUT2D eigenvalue weighted by Gasteiger charge is 2.18. The first-order chi connectivity index (χ1) is 24.3. The van der Waals surface area contributed by atoms with Crippen LogP contribution < -0.4 is 4.90 Å². The number of anilines is 3. The standard InChI is InChI=1S/C46H29NO2/c1-2-10-30(11-3-1)31-20-23-34(24-21-31)47(36-25-26-37-33(29-36)22-27-44-45(37)41-15-5-7-19-43(41)48-44)35-13-8-12-32(28-35)38-16-9-17-40-39-14-4-6-18-42(39)49-46(38)40/h1-29H. The van der Waals surface area contributed by atoms with Crippen LogP contribution in [0.5, 0.6) is 0 Å². The predicted octanol–water partition coefficient (Wildman–Crippen LogP) is 13.4. The largest absolute Gasteiger partial charge is 0.456 e. The zero-order valence-corrected chi connectivity index (χ0v) is 26.5. The summed E-state index contributed by atoms with van der Waals surface area (Å²) in [5.74, 6) is 0. The Kier molecular flexibility index (Phi) is 6.18. The Hall–Kier alpha value is -6.58. The minimum atomic E-state index is 0.900. The molecule has 10 rings (SSSR count). The third kappa shape index (κ3) is 4.51. The highest BCUT2D eigenvalue weighted by atomic mass is 16.3. The summed E-state index contributed by atoms with van der Waals surface area (Å²) in [7, 11) is 0. The lowest BCUT2D eigenvalue weighted by atomic mass is 10.00. The molecule has 2 heterocycles. The van der Waals surface area contributed by atoms with E-state index >= 15 is 0 Å². The van der Waals surface area contributed by atoms with Gasteiger partial charge in [-0.1, -0.05) is 121 Å². The molecule has 0 amide bonds. The molecule has 49 heavy (non-hydrogen) atoms. The van der Waals surface area contributed by atoms with Crippen LogP contribution in [-0.2, 0) is 0 Å². The summed E-state index contributed by atoms with van der Waals surface area (Å²) in [6.45, 7) is 0. The minimum absolute atomic E-state index is 0.900. The molecule has 0 bridgehead atoms. The number of para-hydroxylation sites is 3. The van der Waals surface area contributed by atoms with Crippen LogP contribution in [0.25, 0.3) is 76.9 Å². The maximum Gasteiger partial charge on any atom is 0.143 e. The summed E-state index contributed by atoms with van der Waals surface area (Å²) < 4.78 is 12.7. The lowest BCUT2D eigenvalue weighted by Crippen LogP contribution is -2.10. The van der Waals surface area contributed by atoms with Crippen LogP contribution in [0.3, 0.4) is 0 Å². The maximum atomic E-state index is 6.45. The molecule has 0 saturated heterocycles. The van der Waals surface area contributed by atoms with Crippen molar-refractivity contribution in [2.75, 3.05) is 4.90 Å². The SMILES string of the molecule is c1ccc(-c2ccc(N(c3cccc(-c4cccc5c4oc4ccccc45)c3)c3ccc4c(ccc5oc6ccccc6c54)c3)cc2)cc1. The molecule has 0 radical (unpaired) electrons. The van der Waals surface area contributed by atoms with Crippen LogP contribution in [0.15, 0.2) is 185 Å². The molecule has 0 aliphatic carbocycles. The van der Waals surface area contributed by atoms with Crippen molar-refractivity contribution >= 4 is 71.7 Å². The number of benzene rings is 8. The van der Waals surface area contributed by atoms with Gasteiger partial charge in [0.15, 0.2) is 0 Å². The Morgan fingerprint density at radius 2 is 1.00 bits per heavy atom. The van der Waals surface area contributed by atoms with Gasteiger partial charge >= 0.3 is 0 Å². The van der Waals surface area contributed by atoms with Crippen molar-refractivity contribution in [3.05, 3.63) is 176 Å². The quantitative estimate of drug-likeness (QED) is 0.190. The third-order valence-electron chi connectivity index (χ3n) is 9.65. The lowest BCUT2D eigenvalue weighted by molar-refractivity contribution is 0.669. The molecule has 10 aromatic rings. The predicted molar refractivity (Wildman–Crippen MR) is 204 cm³/mol. The Morgan fingerprint density at radius 3 is 1.86 bits per heavy atom. The molecule has 0 aliphatic heterocycles. The summed E-state index contributed by atoms with van der Waals surface area (Å²) in [5, 5.41) is 6.88. The van der Waals surface area contributed by atoms with Gasteiger partial charge in [-0.15, -0.1) is 0 Å². The zero-order chi connectivity index (χ0) is 32.3. The number of fused-ring (bicyclic) bond motifs is 8. The van der Waals surface area contributed by atoms with Crippen molar-refractivity contribution in [3.8, 4) is 22.3 Å². The Balaban J connectivity index is 1.15. The van der Waals surface area contributed by atoms with Gasteiger partial charge in [-0.25, -0.2) is 0 Å². The minimum Gasteiger partial charge on any atom is -0.456 e. The first-order valence-corrected chi connectivity index (χ1v) is 16.6. The highest BCUT2D eigenvalue weighted by Crippen LogP contribution is 2.42. The molecule has 0 atom stereocenters. The van der Waals surface area contributed by atoms with Gasteiger partial charge in [0, 0.05) is 44.2 Å². The van der Waals surface area contributed by atoms with Gasteiger partial charge in [0.05, 0.1) is 0 Å². The van der Waals surface area contributed by atoms with Crippen molar-refractivity contribution in [1.82, 2.24) is 0 Å². The maximum absolute atomic E-state index is 6.45. The van der Waals surface area contributed by atoms with Gasteiger partial charge in [0.25, 0.3) is 0 Å².